The second-order valence-corrected chi connectivity index (χ2v) is 6.08. The molecule has 1 aromatic rings. The van der Waals surface area contributed by atoms with Crippen molar-refractivity contribution >= 4 is 27.3 Å². The van der Waals surface area contributed by atoms with Gasteiger partial charge in [0.1, 0.15) is 0 Å². The number of hydrogen-bond donors (Lipinski definition) is 2. The summed E-state index contributed by atoms with van der Waals surface area (Å²) in [7, 11) is 0. The zero-order valence-corrected chi connectivity index (χ0v) is 11.0. The predicted octanol–water partition coefficient (Wildman–Crippen LogP) is 2.91. The van der Waals surface area contributed by atoms with Crippen LogP contribution in [0, 0.1) is 0 Å². The number of nitrogens with one attached hydrogen (secondary N) is 1. The van der Waals surface area contributed by atoms with Gasteiger partial charge in [0.05, 0.1) is 5.60 Å². The Kier molecular flexibility index (Phi) is 3.83. The minimum atomic E-state index is -0.441. The predicted molar refractivity (Wildman–Crippen MR) is 67.1 cm³/mol. The van der Waals surface area contributed by atoms with Gasteiger partial charge in [0.2, 0.25) is 0 Å². The number of aliphatic hydroxyl groups is 1. The Morgan fingerprint density at radius 2 is 2.20 bits per heavy atom. The molecule has 0 aliphatic heterocycles. The number of halogens is 1. The molecule has 1 saturated carbocycles. The molecule has 1 aliphatic carbocycles. The Hall–Kier alpha value is 0.100. The third kappa shape index (κ3) is 3.03. The van der Waals surface area contributed by atoms with Crippen LogP contribution >= 0.6 is 27.3 Å². The minimum Gasteiger partial charge on any atom is -0.389 e. The fourth-order valence-corrected chi connectivity index (χ4v) is 3.53. The van der Waals surface area contributed by atoms with Gasteiger partial charge in [-0.15, -0.1) is 11.3 Å². The maximum atomic E-state index is 10.1. The van der Waals surface area contributed by atoms with Crippen molar-refractivity contribution in [3.63, 3.8) is 0 Å². The van der Waals surface area contributed by atoms with Crippen molar-refractivity contribution in [2.75, 3.05) is 6.54 Å². The van der Waals surface area contributed by atoms with Crippen molar-refractivity contribution in [3.05, 3.63) is 20.8 Å². The number of rotatable bonds is 4. The van der Waals surface area contributed by atoms with E-state index < -0.39 is 5.60 Å². The zero-order chi connectivity index (χ0) is 10.7. The molecular weight excluding hydrogens is 274 g/mol. The summed E-state index contributed by atoms with van der Waals surface area (Å²) in [4.78, 5) is 1.30. The fraction of sp³-hybridized carbons (Fsp3) is 0.636. The number of hydrogen-bond acceptors (Lipinski definition) is 3. The van der Waals surface area contributed by atoms with Gasteiger partial charge >= 0.3 is 0 Å². The quantitative estimate of drug-likeness (QED) is 0.893. The summed E-state index contributed by atoms with van der Waals surface area (Å²) in [5.74, 6) is 0. The van der Waals surface area contributed by atoms with E-state index in [9.17, 15) is 5.11 Å². The SMILES string of the molecule is OC1(CNCc2sccc2Br)CCCC1. The summed E-state index contributed by atoms with van der Waals surface area (Å²) >= 11 is 5.24. The van der Waals surface area contributed by atoms with Crippen LogP contribution in [0.15, 0.2) is 15.9 Å². The van der Waals surface area contributed by atoms with Crippen molar-refractivity contribution < 1.29 is 5.11 Å². The van der Waals surface area contributed by atoms with E-state index in [2.05, 4.69) is 32.7 Å². The largest absolute Gasteiger partial charge is 0.389 e. The summed E-state index contributed by atoms with van der Waals surface area (Å²) in [6, 6.07) is 2.06. The van der Waals surface area contributed by atoms with Gasteiger partial charge in [-0.05, 0) is 40.2 Å². The molecule has 0 radical (unpaired) electrons. The third-order valence-electron chi connectivity index (χ3n) is 2.96. The van der Waals surface area contributed by atoms with E-state index in [1.807, 2.05) is 0 Å². The molecule has 2 rings (SSSR count). The molecule has 2 N–H and O–H groups in total. The maximum Gasteiger partial charge on any atom is 0.0771 e. The molecular formula is C11H16BrNOS. The highest BCUT2D eigenvalue weighted by Crippen LogP contribution is 2.29. The average molecular weight is 290 g/mol. The van der Waals surface area contributed by atoms with Crippen LogP contribution < -0.4 is 5.32 Å². The average Bonchev–Trinajstić information content (AvgIpc) is 2.78. The molecule has 0 bridgehead atoms. The van der Waals surface area contributed by atoms with Crippen LogP contribution in [0.25, 0.3) is 0 Å². The highest BCUT2D eigenvalue weighted by atomic mass is 79.9. The summed E-state index contributed by atoms with van der Waals surface area (Å²) in [6.07, 6.45) is 4.24. The van der Waals surface area contributed by atoms with Crippen molar-refractivity contribution in [1.29, 1.82) is 0 Å². The third-order valence-corrected chi connectivity index (χ3v) is 4.89. The summed E-state index contributed by atoms with van der Waals surface area (Å²) in [5, 5.41) is 15.5. The molecule has 1 aromatic heterocycles. The van der Waals surface area contributed by atoms with Gasteiger partial charge in [0.15, 0.2) is 0 Å². The first kappa shape index (κ1) is 11.6. The summed E-state index contributed by atoms with van der Waals surface area (Å²) in [5.41, 5.74) is -0.441. The second kappa shape index (κ2) is 4.95. The molecule has 0 atom stereocenters. The molecule has 4 heteroatoms. The van der Waals surface area contributed by atoms with Gasteiger partial charge in [0, 0.05) is 22.4 Å². The van der Waals surface area contributed by atoms with Gasteiger partial charge in [0.25, 0.3) is 0 Å². The highest BCUT2D eigenvalue weighted by molar-refractivity contribution is 9.10. The van der Waals surface area contributed by atoms with Gasteiger partial charge in [-0.25, -0.2) is 0 Å². The van der Waals surface area contributed by atoms with Gasteiger partial charge in [-0.3, -0.25) is 0 Å². The molecule has 0 saturated heterocycles. The molecule has 1 heterocycles. The standard InChI is InChI=1S/C11H16BrNOS/c12-9-3-6-15-10(9)7-13-8-11(14)4-1-2-5-11/h3,6,13-14H,1-2,4-5,7-8H2. The lowest BCUT2D eigenvalue weighted by molar-refractivity contribution is 0.0475. The van der Waals surface area contributed by atoms with Crippen molar-refractivity contribution in [2.45, 2.75) is 37.8 Å². The van der Waals surface area contributed by atoms with E-state index in [1.54, 1.807) is 11.3 Å². The van der Waals surface area contributed by atoms with Crippen LogP contribution in [-0.4, -0.2) is 17.3 Å². The van der Waals surface area contributed by atoms with Crippen LogP contribution in [0.2, 0.25) is 0 Å². The second-order valence-electron chi connectivity index (χ2n) is 4.23. The molecule has 0 aromatic carbocycles. The van der Waals surface area contributed by atoms with Crippen LogP contribution in [0.1, 0.15) is 30.6 Å². The smallest absolute Gasteiger partial charge is 0.0771 e. The Morgan fingerprint density at radius 1 is 1.47 bits per heavy atom. The lowest BCUT2D eigenvalue weighted by Crippen LogP contribution is -2.37. The first-order valence-corrected chi connectivity index (χ1v) is 7.02. The maximum absolute atomic E-state index is 10.1. The Balaban J connectivity index is 1.77. The van der Waals surface area contributed by atoms with E-state index in [4.69, 9.17) is 0 Å². The monoisotopic (exact) mass is 289 g/mol. The minimum absolute atomic E-state index is 0.441. The van der Waals surface area contributed by atoms with Crippen molar-refractivity contribution in [2.24, 2.45) is 0 Å². The van der Waals surface area contributed by atoms with Gasteiger partial charge in [-0.1, -0.05) is 12.8 Å². The molecule has 84 valence electrons. The van der Waals surface area contributed by atoms with E-state index in [-0.39, 0.29) is 0 Å². The number of thiophene rings is 1. The van der Waals surface area contributed by atoms with Crippen LogP contribution in [0.5, 0.6) is 0 Å². The topological polar surface area (TPSA) is 32.3 Å². The molecule has 0 unspecified atom stereocenters. The van der Waals surface area contributed by atoms with Crippen LogP contribution in [0.4, 0.5) is 0 Å². The molecule has 0 spiro atoms. The van der Waals surface area contributed by atoms with Crippen LogP contribution in [0.3, 0.4) is 0 Å². The van der Waals surface area contributed by atoms with E-state index in [0.717, 1.165) is 25.9 Å². The molecule has 2 nitrogen and oxygen atoms in total. The zero-order valence-electron chi connectivity index (χ0n) is 8.63. The summed E-state index contributed by atoms with van der Waals surface area (Å²) < 4.78 is 1.17. The highest BCUT2D eigenvalue weighted by Gasteiger charge is 2.30. The fourth-order valence-electron chi connectivity index (χ4n) is 2.07. The van der Waals surface area contributed by atoms with Gasteiger partial charge in [-0.2, -0.15) is 0 Å². The first-order valence-electron chi connectivity index (χ1n) is 5.35. The first-order chi connectivity index (χ1) is 7.20. The Labute approximate surface area is 103 Å². The van der Waals surface area contributed by atoms with E-state index >= 15 is 0 Å². The van der Waals surface area contributed by atoms with Crippen molar-refractivity contribution in [3.8, 4) is 0 Å². The lowest BCUT2D eigenvalue weighted by Gasteiger charge is -2.22. The van der Waals surface area contributed by atoms with Crippen molar-refractivity contribution in [1.82, 2.24) is 5.32 Å². The lowest BCUT2D eigenvalue weighted by atomic mass is 10.0. The molecule has 15 heavy (non-hydrogen) atoms. The normalized spacial score (nSPS) is 19.6. The van der Waals surface area contributed by atoms with E-state index in [0.29, 0.717) is 0 Å². The van der Waals surface area contributed by atoms with Crippen LogP contribution in [-0.2, 0) is 6.54 Å². The molecule has 0 amide bonds. The Bertz CT molecular complexity index is 320. The summed E-state index contributed by atoms with van der Waals surface area (Å²) in [6.45, 7) is 1.57. The molecule has 1 fully saturated rings. The van der Waals surface area contributed by atoms with Gasteiger partial charge < -0.3 is 10.4 Å². The molecule has 1 aliphatic rings. The Morgan fingerprint density at radius 3 is 2.80 bits per heavy atom. The van der Waals surface area contributed by atoms with E-state index in [1.165, 1.54) is 22.2 Å².